The van der Waals surface area contributed by atoms with Crippen molar-refractivity contribution in [2.24, 2.45) is 0 Å². The monoisotopic (exact) mass is 234 g/mol. The van der Waals surface area contributed by atoms with Gasteiger partial charge in [-0.2, -0.15) is 0 Å². The maximum atomic E-state index is 11.4. The van der Waals surface area contributed by atoms with Gasteiger partial charge in [0.15, 0.2) is 0 Å². The van der Waals surface area contributed by atoms with E-state index >= 15 is 0 Å². The molecule has 2 heteroatoms. The SMILES string of the molecule is CCC(C)OC(=O)CCCCc1ccccc1. The summed E-state index contributed by atoms with van der Waals surface area (Å²) >= 11 is 0. The van der Waals surface area contributed by atoms with E-state index in [0.717, 1.165) is 25.7 Å². The number of unbranched alkanes of at least 4 members (excludes halogenated alkanes) is 1. The molecule has 0 heterocycles. The number of carbonyl (C=O) groups is 1. The van der Waals surface area contributed by atoms with Gasteiger partial charge in [-0.25, -0.2) is 0 Å². The predicted molar refractivity (Wildman–Crippen MR) is 69.8 cm³/mol. The van der Waals surface area contributed by atoms with Crippen LogP contribution in [0.25, 0.3) is 0 Å². The van der Waals surface area contributed by atoms with E-state index in [4.69, 9.17) is 4.74 Å². The average molecular weight is 234 g/mol. The second kappa shape index (κ2) is 7.88. The second-order valence-corrected chi connectivity index (χ2v) is 4.40. The minimum atomic E-state index is -0.0626. The van der Waals surface area contributed by atoms with Crippen molar-refractivity contribution in [1.29, 1.82) is 0 Å². The third kappa shape index (κ3) is 6.10. The Kier molecular flexibility index (Phi) is 6.38. The van der Waals surface area contributed by atoms with Crippen LogP contribution in [0.2, 0.25) is 0 Å². The molecule has 0 fully saturated rings. The number of aryl methyl sites for hydroxylation is 1. The van der Waals surface area contributed by atoms with Gasteiger partial charge in [0, 0.05) is 6.42 Å². The van der Waals surface area contributed by atoms with Crippen LogP contribution in [0.4, 0.5) is 0 Å². The quantitative estimate of drug-likeness (QED) is 0.530. The summed E-state index contributed by atoms with van der Waals surface area (Å²) in [6.07, 6.45) is 4.46. The van der Waals surface area contributed by atoms with Crippen molar-refractivity contribution in [1.82, 2.24) is 0 Å². The zero-order valence-electron chi connectivity index (χ0n) is 10.8. The lowest BCUT2D eigenvalue weighted by molar-refractivity contribution is -0.148. The summed E-state index contributed by atoms with van der Waals surface area (Å²) < 4.78 is 5.21. The van der Waals surface area contributed by atoms with Crippen LogP contribution in [0, 0.1) is 0 Å². The summed E-state index contributed by atoms with van der Waals surface area (Å²) in [6, 6.07) is 10.4. The van der Waals surface area contributed by atoms with Crippen LogP contribution in [-0.4, -0.2) is 12.1 Å². The second-order valence-electron chi connectivity index (χ2n) is 4.40. The van der Waals surface area contributed by atoms with Crippen LogP contribution in [0.5, 0.6) is 0 Å². The Labute approximate surface area is 104 Å². The predicted octanol–water partition coefficient (Wildman–Crippen LogP) is 3.74. The summed E-state index contributed by atoms with van der Waals surface area (Å²) in [5.41, 5.74) is 1.34. The summed E-state index contributed by atoms with van der Waals surface area (Å²) in [6.45, 7) is 3.95. The molecule has 94 valence electrons. The Hall–Kier alpha value is -1.31. The molecular formula is C15H22O2. The van der Waals surface area contributed by atoms with Crippen molar-refractivity contribution in [2.45, 2.75) is 52.1 Å². The summed E-state index contributed by atoms with van der Waals surface area (Å²) in [5, 5.41) is 0. The first-order valence-corrected chi connectivity index (χ1v) is 6.45. The fraction of sp³-hybridized carbons (Fsp3) is 0.533. The Morgan fingerprint density at radius 3 is 2.59 bits per heavy atom. The number of carbonyl (C=O) groups excluding carboxylic acids is 1. The van der Waals surface area contributed by atoms with Crippen LogP contribution in [0.1, 0.15) is 45.1 Å². The highest BCUT2D eigenvalue weighted by molar-refractivity contribution is 5.69. The molecule has 1 aromatic rings. The molecule has 0 aliphatic heterocycles. The van der Waals surface area contributed by atoms with Crippen molar-refractivity contribution >= 4 is 5.97 Å². The Balaban J connectivity index is 2.10. The Morgan fingerprint density at radius 1 is 1.24 bits per heavy atom. The lowest BCUT2D eigenvalue weighted by Gasteiger charge is -2.10. The molecule has 0 spiro atoms. The van der Waals surface area contributed by atoms with E-state index in [2.05, 4.69) is 12.1 Å². The third-order valence-corrected chi connectivity index (χ3v) is 2.85. The van der Waals surface area contributed by atoms with Gasteiger partial charge in [-0.05, 0) is 38.2 Å². The normalized spacial score (nSPS) is 12.1. The number of esters is 1. The maximum Gasteiger partial charge on any atom is 0.306 e. The standard InChI is InChI=1S/C15H22O2/c1-3-13(2)17-15(16)12-8-7-11-14-9-5-4-6-10-14/h4-6,9-10,13H,3,7-8,11-12H2,1-2H3. The Morgan fingerprint density at radius 2 is 1.94 bits per heavy atom. The Bertz CT molecular complexity index is 319. The van der Waals surface area contributed by atoms with Gasteiger partial charge in [0.1, 0.15) is 0 Å². The molecule has 1 aromatic carbocycles. The molecule has 0 bridgehead atoms. The number of ether oxygens (including phenoxy) is 1. The first-order valence-electron chi connectivity index (χ1n) is 6.45. The summed E-state index contributed by atoms with van der Waals surface area (Å²) in [4.78, 5) is 11.4. The van der Waals surface area contributed by atoms with Gasteiger partial charge in [0.05, 0.1) is 6.10 Å². The van der Waals surface area contributed by atoms with E-state index in [1.807, 2.05) is 32.0 Å². The van der Waals surface area contributed by atoms with Crippen molar-refractivity contribution in [3.8, 4) is 0 Å². The van der Waals surface area contributed by atoms with Gasteiger partial charge in [-0.3, -0.25) is 4.79 Å². The van der Waals surface area contributed by atoms with E-state index in [1.165, 1.54) is 5.56 Å². The van der Waals surface area contributed by atoms with Crippen molar-refractivity contribution in [3.63, 3.8) is 0 Å². The van der Waals surface area contributed by atoms with Crippen molar-refractivity contribution in [2.75, 3.05) is 0 Å². The minimum absolute atomic E-state index is 0.0524. The molecule has 1 unspecified atom stereocenters. The zero-order chi connectivity index (χ0) is 12.5. The third-order valence-electron chi connectivity index (χ3n) is 2.85. The molecule has 0 N–H and O–H groups in total. The first kappa shape index (κ1) is 13.8. The van der Waals surface area contributed by atoms with Gasteiger partial charge >= 0.3 is 5.97 Å². The molecule has 0 amide bonds. The molecule has 0 saturated heterocycles. The largest absolute Gasteiger partial charge is 0.463 e. The molecule has 2 nitrogen and oxygen atoms in total. The molecule has 0 aromatic heterocycles. The van der Waals surface area contributed by atoms with E-state index in [-0.39, 0.29) is 12.1 Å². The number of benzene rings is 1. The molecular weight excluding hydrogens is 212 g/mol. The van der Waals surface area contributed by atoms with Crippen LogP contribution in [0.3, 0.4) is 0 Å². The van der Waals surface area contributed by atoms with Gasteiger partial charge in [-0.15, -0.1) is 0 Å². The summed E-state index contributed by atoms with van der Waals surface area (Å²) in [7, 11) is 0. The number of rotatable bonds is 7. The van der Waals surface area contributed by atoms with Gasteiger partial charge in [-0.1, -0.05) is 37.3 Å². The van der Waals surface area contributed by atoms with E-state index < -0.39 is 0 Å². The first-order chi connectivity index (χ1) is 8.22. The molecule has 0 aliphatic carbocycles. The van der Waals surface area contributed by atoms with Gasteiger partial charge < -0.3 is 4.74 Å². The molecule has 1 rings (SSSR count). The fourth-order valence-corrected chi connectivity index (χ4v) is 1.61. The molecule has 0 aliphatic rings. The van der Waals surface area contributed by atoms with E-state index in [1.54, 1.807) is 0 Å². The van der Waals surface area contributed by atoms with Crippen LogP contribution in [-0.2, 0) is 16.0 Å². The van der Waals surface area contributed by atoms with Crippen LogP contribution in [0.15, 0.2) is 30.3 Å². The molecule has 0 saturated carbocycles. The highest BCUT2D eigenvalue weighted by Crippen LogP contribution is 2.07. The van der Waals surface area contributed by atoms with Crippen molar-refractivity contribution < 1.29 is 9.53 Å². The smallest absolute Gasteiger partial charge is 0.306 e. The minimum Gasteiger partial charge on any atom is -0.463 e. The lowest BCUT2D eigenvalue weighted by Crippen LogP contribution is -2.13. The van der Waals surface area contributed by atoms with Crippen LogP contribution < -0.4 is 0 Å². The highest BCUT2D eigenvalue weighted by Gasteiger charge is 2.06. The van der Waals surface area contributed by atoms with Crippen molar-refractivity contribution in [3.05, 3.63) is 35.9 Å². The summed E-state index contributed by atoms with van der Waals surface area (Å²) in [5.74, 6) is -0.0626. The van der Waals surface area contributed by atoms with Crippen LogP contribution >= 0.6 is 0 Å². The topological polar surface area (TPSA) is 26.3 Å². The van der Waals surface area contributed by atoms with E-state index in [9.17, 15) is 4.79 Å². The van der Waals surface area contributed by atoms with Gasteiger partial charge in [0.2, 0.25) is 0 Å². The molecule has 1 atom stereocenters. The van der Waals surface area contributed by atoms with Gasteiger partial charge in [0.25, 0.3) is 0 Å². The number of hydrogen-bond donors (Lipinski definition) is 0. The molecule has 17 heavy (non-hydrogen) atoms. The highest BCUT2D eigenvalue weighted by atomic mass is 16.5. The average Bonchev–Trinajstić information content (AvgIpc) is 2.36. The maximum absolute atomic E-state index is 11.4. The lowest BCUT2D eigenvalue weighted by atomic mass is 10.1. The molecule has 0 radical (unpaired) electrons. The zero-order valence-corrected chi connectivity index (χ0v) is 10.8. The fourth-order valence-electron chi connectivity index (χ4n) is 1.61. The number of hydrogen-bond acceptors (Lipinski definition) is 2. The van der Waals surface area contributed by atoms with E-state index in [0.29, 0.717) is 6.42 Å².